The molecule has 1 unspecified atom stereocenters. The van der Waals surface area contributed by atoms with Crippen LogP contribution in [0.2, 0.25) is 0 Å². The third-order valence-corrected chi connectivity index (χ3v) is 4.73. The number of aromatic nitrogens is 1. The molecule has 0 saturated heterocycles. The molecule has 0 amide bonds. The van der Waals surface area contributed by atoms with Gasteiger partial charge in [-0.3, -0.25) is 9.98 Å². The van der Waals surface area contributed by atoms with Crippen molar-refractivity contribution < 1.29 is 4.21 Å². The predicted octanol–water partition coefficient (Wildman–Crippen LogP) is 1.82. The third kappa shape index (κ3) is 2.79. The number of thiol groups is 1. The van der Waals surface area contributed by atoms with Crippen molar-refractivity contribution in [3.8, 4) is 0 Å². The smallest absolute Gasteiger partial charge is 0.0871 e. The second kappa shape index (κ2) is 5.27. The lowest BCUT2D eigenvalue weighted by atomic mass is 10.4. The van der Waals surface area contributed by atoms with Crippen LogP contribution in [-0.4, -0.2) is 28.2 Å². The molecular weight excluding hydrogens is 230 g/mol. The van der Waals surface area contributed by atoms with Crippen molar-refractivity contribution in [3.63, 3.8) is 0 Å². The van der Waals surface area contributed by atoms with Crippen molar-refractivity contribution in [1.82, 2.24) is 4.98 Å². The molecule has 0 spiro atoms. The minimum atomic E-state index is -2.39. The lowest BCUT2D eigenvalue weighted by Gasteiger charge is -2.04. The molecule has 6 heteroatoms. The lowest BCUT2D eigenvalue weighted by molar-refractivity contribution is 0.678. The maximum absolute atomic E-state index is 12.1. The van der Waals surface area contributed by atoms with Crippen LogP contribution in [0.4, 0.5) is 0 Å². The van der Waals surface area contributed by atoms with Crippen LogP contribution in [0.15, 0.2) is 32.0 Å². The zero-order chi connectivity index (χ0) is 11.3. The summed E-state index contributed by atoms with van der Waals surface area (Å²) in [4.78, 5) is 8.55. The summed E-state index contributed by atoms with van der Waals surface area (Å²) in [6, 6.07) is 3.51. The monoisotopic (exact) mass is 243 g/mol. The van der Waals surface area contributed by atoms with E-state index < -0.39 is 9.73 Å². The van der Waals surface area contributed by atoms with Crippen LogP contribution in [-0.2, 0) is 9.73 Å². The predicted molar refractivity (Wildman–Crippen MR) is 66.1 cm³/mol. The maximum Gasteiger partial charge on any atom is 0.0871 e. The molecule has 1 rings (SSSR count). The van der Waals surface area contributed by atoms with Crippen LogP contribution in [0, 0.1) is 0 Å². The van der Waals surface area contributed by atoms with Crippen molar-refractivity contribution in [2.75, 3.05) is 12.8 Å². The van der Waals surface area contributed by atoms with Gasteiger partial charge in [0.1, 0.15) is 0 Å². The number of hydrogen-bond acceptors (Lipinski definition) is 4. The number of pyridine rings is 1. The molecule has 1 heterocycles. The quantitative estimate of drug-likeness (QED) is 0.650. The second-order valence-corrected chi connectivity index (χ2v) is 5.80. The highest BCUT2D eigenvalue weighted by molar-refractivity contribution is 8.00. The highest BCUT2D eigenvalue weighted by atomic mass is 32.2. The molecule has 0 aliphatic carbocycles. The van der Waals surface area contributed by atoms with Gasteiger partial charge in [-0.05, 0) is 24.9 Å². The topological polar surface area (TPSA) is 54.7 Å². The van der Waals surface area contributed by atoms with Crippen molar-refractivity contribution in [1.29, 1.82) is 0 Å². The summed E-state index contributed by atoms with van der Waals surface area (Å²) >= 11 is 3.76. The van der Waals surface area contributed by atoms with E-state index in [9.17, 15) is 4.21 Å². The van der Waals surface area contributed by atoms with Crippen LogP contribution in [0.1, 0.15) is 12.6 Å². The molecule has 0 radical (unpaired) electrons. The van der Waals surface area contributed by atoms with Gasteiger partial charge in [-0.2, -0.15) is 3.77 Å². The first kappa shape index (κ1) is 12.2. The van der Waals surface area contributed by atoms with E-state index in [0.717, 1.165) is 5.69 Å². The Morgan fingerprint density at radius 2 is 2.33 bits per heavy atom. The van der Waals surface area contributed by atoms with Crippen molar-refractivity contribution in [3.05, 3.63) is 24.0 Å². The van der Waals surface area contributed by atoms with E-state index in [4.69, 9.17) is 0 Å². The van der Waals surface area contributed by atoms with E-state index in [1.54, 1.807) is 31.6 Å². The van der Waals surface area contributed by atoms with Gasteiger partial charge in [0.15, 0.2) is 0 Å². The van der Waals surface area contributed by atoms with Gasteiger partial charge in [0.25, 0.3) is 0 Å². The molecule has 0 bridgehead atoms. The Kier molecular flexibility index (Phi) is 4.28. The van der Waals surface area contributed by atoms with E-state index in [-0.39, 0.29) is 0 Å². The molecule has 15 heavy (non-hydrogen) atoms. The first-order chi connectivity index (χ1) is 7.16. The number of nitrogens with zero attached hydrogens (tertiary/aromatic N) is 3. The van der Waals surface area contributed by atoms with Crippen LogP contribution >= 0.6 is 12.8 Å². The van der Waals surface area contributed by atoms with E-state index in [0.29, 0.717) is 10.6 Å². The van der Waals surface area contributed by atoms with Crippen LogP contribution < -0.4 is 0 Å². The van der Waals surface area contributed by atoms with Crippen molar-refractivity contribution >= 4 is 28.8 Å². The Morgan fingerprint density at radius 1 is 1.60 bits per heavy atom. The van der Waals surface area contributed by atoms with Crippen LogP contribution in [0.25, 0.3) is 0 Å². The first-order valence-electron chi connectivity index (χ1n) is 4.42. The fourth-order valence-electron chi connectivity index (χ4n) is 1.06. The molecule has 82 valence electrons. The average molecular weight is 243 g/mol. The van der Waals surface area contributed by atoms with Gasteiger partial charge in [-0.15, -0.1) is 0 Å². The van der Waals surface area contributed by atoms with E-state index in [2.05, 4.69) is 26.6 Å². The van der Waals surface area contributed by atoms with Crippen LogP contribution in [0.5, 0.6) is 0 Å². The molecule has 0 aromatic carbocycles. The minimum absolute atomic E-state index is 0.430. The van der Waals surface area contributed by atoms with Crippen molar-refractivity contribution in [2.24, 2.45) is 8.76 Å². The molecule has 0 aliphatic rings. The van der Waals surface area contributed by atoms with Gasteiger partial charge in [0.2, 0.25) is 0 Å². The molecular formula is C9H13N3OS2. The summed E-state index contributed by atoms with van der Waals surface area (Å²) < 4.78 is 15.7. The molecule has 1 aromatic heterocycles. The highest BCUT2D eigenvalue weighted by Gasteiger charge is 2.09. The summed E-state index contributed by atoms with van der Waals surface area (Å²) in [6.45, 7) is 1.81. The SMILES string of the molecule is CCS(=O)(=NS)c1ccc(/C=N/C)nc1. The van der Waals surface area contributed by atoms with Crippen molar-refractivity contribution in [2.45, 2.75) is 11.8 Å². The zero-order valence-corrected chi connectivity index (χ0v) is 10.3. The van der Waals surface area contributed by atoms with E-state index >= 15 is 0 Å². The standard InChI is InChI=1S/C9H13N3OS2/c1-3-15(13,12-14)9-5-4-8(6-10-2)11-7-9/h4-7,14H,3H2,1-2H3/b10-6+. The summed E-state index contributed by atoms with van der Waals surface area (Å²) in [5, 5.41) is 0. The number of rotatable bonds is 3. The Morgan fingerprint density at radius 3 is 2.73 bits per heavy atom. The molecule has 0 N–H and O–H groups in total. The largest absolute Gasteiger partial charge is 0.294 e. The van der Waals surface area contributed by atoms with Gasteiger partial charge in [0.05, 0.1) is 20.3 Å². The summed E-state index contributed by atoms with van der Waals surface area (Å²) in [5.41, 5.74) is 0.735. The van der Waals surface area contributed by atoms with Gasteiger partial charge >= 0.3 is 0 Å². The Hall–Kier alpha value is -0.880. The molecule has 1 aromatic rings. The van der Waals surface area contributed by atoms with Gasteiger partial charge in [0, 0.05) is 25.2 Å². The maximum atomic E-state index is 12.1. The molecule has 0 aliphatic heterocycles. The van der Waals surface area contributed by atoms with Gasteiger partial charge < -0.3 is 0 Å². The van der Waals surface area contributed by atoms with Gasteiger partial charge in [-0.25, -0.2) is 4.21 Å². The minimum Gasteiger partial charge on any atom is -0.294 e. The van der Waals surface area contributed by atoms with Gasteiger partial charge in [-0.1, -0.05) is 6.92 Å². The molecule has 0 fully saturated rings. The normalized spacial score (nSPS) is 15.1. The number of hydrogen-bond donors (Lipinski definition) is 1. The Bertz CT molecular complexity index is 459. The third-order valence-electron chi connectivity index (χ3n) is 1.91. The first-order valence-corrected chi connectivity index (χ1v) is 6.51. The molecule has 1 atom stereocenters. The Labute approximate surface area is 95.6 Å². The average Bonchev–Trinajstić information content (AvgIpc) is 2.29. The Balaban J connectivity index is 3.15. The zero-order valence-electron chi connectivity index (χ0n) is 8.62. The van der Waals surface area contributed by atoms with Crippen LogP contribution in [0.3, 0.4) is 0 Å². The second-order valence-electron chi connectivity index (χ2n) is 2.82. The summed E-state index contributed by atoms with van der Waals surface area (Å²) in [5.74, 6) is 0.430. The molecule has 4 nitrogen and oxygen atoms in total. The molecule has 0 saturated carbocycles. The fourth-order valence-corrected chi connectivity index (χ4v) is 2.73. The summed E-state index contributed by atoms with van der Waals surface area (Å²) in [6.07, 6.45) is 3.19. The van der Waals surface area contributed by atoms with E-state index in [1.165, 1.54) is 0 Å². The lowest BCUT2D eigenvalue weighted by Crippen LogP contribution is -2.03. The summed E-state index contributed by atoms with van der Waals surface area (Å²) in [7, 11) is -0.719. The highest BCUT2D eigenvalue weighted by Crippen LogP contribution is 2.13. The van der Waals surface area contributed by atoms with E-state index in [1.807, 2.05) is 6.92 Å². The number of aliphatic imine (C=N–C) groups is 1. The fraction of sp³-hybridized carbons (Fsp3) is 0.333.